The number of anilines is 1. The summed E-state index contributed by atoms with van der Waals surface area (Å²) in [5.74, 6) is 0.712. The van der Waals surface area contributed by atoms with E-state index >= 15 is 0 Å². The highest BCUT2D eigenvalue weighted by Crippen LogP contribution is 2.01. The molecule has 64 valence electrons. The Hall–Kier alpha value is -1.33. The molecule has 1 rings (SSSR count). The molecule has 0 fully saturated rings. The van der Waals surface area contributed by atoms with Crippen molar-refractivity contribution in [2.75, 3.05) is 5.73 Å². The molecule has 0 unspecified atom stereocenters. The van der Waals surface area contributed by atoms with Crippen LogP contribution in [0.4, 0.5) is 10.1 Å². The molecule has 1 heterocycles. The Bertz CT molecular complexity index is 274. The van der Waals surface area contributed by atoms with E-state index in [0.717, 1.165) is 0 Å². The normalized spacial score (nSPS) is 8.58. The molecule has 0 aliphatic heterocycles. The van der Waals surface area contributed by atoms with Crippen molar-refractivity contribution in [2.45, 2.75) is 6.92 Å². The van der Waals surface area contributed by atoms with Crippen molar-refractivity contribution in [3.8, 4) is 0 Å². The zero-order chi connectivity index (χ0) is 9.72. The summed E-state index contributed by atoms with van der Waals surface area (Å²) >= 11 is 0. The number of nitrogen functional groups attached to an aromatic ring is 1. The monoisotopic (exact) mass is 169 g/mol. The molecule has 12 heavy (non-hydrogen) atoms. The molecular weight excluding hydrogens is 160 g/mol. The molecule has 1 aromatic heterocycles. The lowest BCUT2D eigenvalue weighted by Gasteiger charge is -1.91. The third-order valence-electron chi connectivity index (χ3n) is 1.21. The number of ketones is 1. The molecular formula is C6H9BFN3O. The highest BCUT2D eigenvalue weighted by molar-refractivity contribution is 5.96. The number of carbonyl (C=O) groups is 1. The van der Waals surface area contributed by atoms with Gasteiger partial charge in [-0.15, -0.1) is 0 Å². The molecule has 0 aliphatic rings. The molecule has 4 nitrogen and oxygen atoms in total. The number of carbonyl (C=O) groups excluding carboxylic acids is 1. The molecule has 0 saturated heterocycles. The van der Waals surface area contributed by atoms with Crippen molar-refractivity contribution < 1.29 is 9.11 Å². The van der Waals surface area contributed by atoms with Crippen molar-refractivity contribution in [3.63, 3.8) is 0 Å². The molecule has 0 aromatic carbocycles. The first-order chi connectivity index (χ1) is 5.61. The Morgan fingerprint density at radius 2 is 2.25 bits per heavy atom. The van der Waals surface area contributed by atoms with Crippen LogP contribution in [-0.4, -0.2) is 23.5 Å². The number of aryl methyl sites for hydroxylation is 1. The quantitative estimate of drug-likeness (QED) is 0.483. The number of nitrogens with zero attached hydrogens (tertiary/aromatic N) is 2. The van der Waals surface area contributed by atoms with Gasteiger partial charge in [-0.05, 0) is 0 Å². The van der Waals surface area contributed by atoms with Crippen molar-refractivity contribution in [1.82, 2.24) is 9.55 Å². The summed E-state index contributed by atoms with van der Waals surface area (Å²) in [7, 11) is 4.74. The van der Waals surface area contributed by atoms with E-state index in [4.69, 9.17) is 10.0 Å². The molecule has 0 aliphatic carbocycles. The van der Waals surface area contributed by atoms with E-state index in [9.17, 15) is 4.79 Å². The van der Waals surface area contributed by atoms with Crippen LogP contribution >= 0.6 is 0 Å². The molecule has 0 amide bonds. The topological polar surface area (TPSA) is 60.9 Å². The van der Waals surface area contributed by atoms with Crippen molar-refractivity contribution in [3.05, 3.63) is 12.0 Å². The average Bonchev–Trinajstić information content (AvgIpc) is 2.34. The predicted molar refractivity (Wildman–Crippen MR) is 44.5 cm³/mol. The minimum atomic E-state index is -0.0702. The molecule has 0 bridgehead atoms. The Morgan fingerprint density at radius 3 is 2.42 bits per heavy atom. The molecule has 0 saturated carbocycles. The third-order valence-corrected chi connectivity index (χ3v) is 1.21. The lowest BCUT2D eigenvalue weighted by molar-refractivity contribution is 0.100. The number of nitrogens with two attached hydrogens (primary N) is 1. The predicted octanol–water partition coefficient (Wildman–Crippen LogP) is 0.244. The molecule has 6 heteroatoms. The minimum Gasteiger partial charge on any atom is -0.382 e. The number of hydrogen-bond acceptors (Lipinski definition) is 3. The summed E-state index contributed by atoms with van der Waals surface area (Å²) in [5.41, 5.74) is 5.33. The van der Waals surface area contributed by atoms with Gasteiger partial charge in [0.2, 0.25) is 0 Å². The second kappa shape index (κ2) is 4.53. The fourth-order valence-corrected chi connectivity index (χ4v) is 0.817. The minimum absolute atomic E-state index is 0.0702. The third kappa shape index (κ3) is 2.37. The van der Waals surface area contributed by atoms with Gasteiger partial charge >= 0.3 is 8.12 Å². The van der Waals surface area contributed by atoms with Crippen LogP contribution in [0.25, 0.3) is 0 Å². The largest absolute Gasteiger partial charge is 0.382 e. The van der Waals surface area contributed by atoms with Gasteiger partial charge in [0.15, 0.2) is 11.6 Å². The summed E-state index contributed by atoms with van der Waals surface area (Å²) in [6.07, 6.45) is 1.61. The van der Waals surface area contributed by atoms with Crippen molar-refractivity contribution >= 4 is 19.7 Å². The van der Waals surface area contributed by atoms with Crippen LogP contribution in [0.2, 0.25) is 0 Å². The smallest absolute Gasteiger partial charge is 0.350 e. The van der Waals surface area contributed by atoms with Crippen LogP contribution < -0.4 is 5.73 Å². The van der Waals surface area contributed by atoms with Gasteiger partial charge in [-0.2, -0.15) is 0 Å². The summed E-state index contributed by atoms with van der Waals surface area (Å²) in [5, 5.41) is 0. The van der Waals surface area contributed by atoms with E-state index in [0.29, 0.717) is 11.6 Å². The maximum atomic E-state index is 10.7. The van der Waals surface area contributed by atoms with E-state index in [2.05, 4.69) is 13.1 Å². The van der Waals surface area contributed by atoms with Crippen LogP contribution in [0, 0.1) is 0 Å². The Balaban J connectivity index is 0.000000561. The van der Waals surface area contributed by atoms with Gasteiger partial charge in [-0.25, -0.2) is 4.98 Å². The van der Waals surface area contributed by atoms with Crippen molar-refractivity contribution in [1.29, 1.82) is 0 Å². The van der Waals surface area contributed by atoms with Crippen LogP contribution in [0.1, 0.15) is 17.5 Å². The van der Waals surface area contributed by atoms with Crippen LogP contribution in [0.3, 0.4) is 0 Å². The highest BCUT2D eigenvalue weighted by Gasteiger charge is 2.05. The van der Waals surface area contributed by atoms with Gasteiger partial charge < -0.3 is 14.6 Å². The number of aromatic nitrogens is 2. The number of rotatable bonds is 1. The summed E-state index contributed by atoms with van der Waals surface area (Å²) in [6.45, 7) is 1.46. The van der Waals surface area contributed by atoms with Crippen LogP contribution in [0.5, 0.6) is 0 Å². The van der Waals surface area contributed by atoms with E-state index in [1.54, 1.807) is 17.8 Å². The fourth-order valence-electron chi connectivity index (χ4n) is 0.817. The van der Waals surface area contributed by atoms with Gasteiger partial charge in [-0.1, -0.05) is 0 Å². The number of Topliss-reactive ketones (excluding diaryl/α,β-unsaturated/α-hetero) is 1. The van der Waals surface area contributed by atoms with Crippen LogP contribution in [0.15, 0.2) is 6.20 Å². The lowest BCUT2D eigenvalue weighted by Crippen LogP contribution is -2.02. The summed E-state index contributed by atoms with van der Waals surface area (Å²) in [4.78, 5) is 14.5. The molecule has 0 spiro atoms. The van der Waals surface area contributed by atoms with Gasteiger partial charge in [0.05, 0.1) is 0 Å². The van der Waals surface area contributed by atoms with Crippen molar-refractivity contribution in [2.24, 2.45) is 7.05 Å². The number of hydrogen-bond donors (Lipinski definition) is 1. The maximum Gasteiger partial charge on any atom is 0.350 e. The first kappa shape index (κ1) is 10.7. The SMILES string of the molecule is CC(=O)c1nc(N)cn1C.[B]F. The molecule has 2 N–H and O–H groups in total. The van der Waals surface area contributed by atoms with E-state index < -0.39 is 0 Å². The second-order valence-electron chi connectivity index (χ2n) is 2.16. The standard InChI is InChI=1S/C6H9N3O.BF/c1-4(10)6-8-5(7)3-9(6)2;1-2/h3H,7H2,1-2H3;. The fraction of sp³-hybridized carbons (Fsp3) is 0.333. The lowest BCUT2D eigenvalue weighted by atomic mass is 10.4. The Morgan fingerprint density at radius 1 is 1.75 bits per heavy atom. The van der Waals surface area contributed by atoms with E-state index in [-0.39, 0.29) is 5.78 Å². The number of halogens is 1. The Kier molecular flexibility index (Phi) is 4.03. The van der Waals surface area contributed by atoms with Crippen LogP contribution in [-0.2, 0) is 7.05 Å². The first-order valence-corrected chi connectivity index (χ1v) is 3.13. The number of imidazole rings is 1. The van der Waals surface area contributed by atoms with E-state index in [1.165, 1.54) is 6.92 Å². The average molecular weight is 169 g/mol. The van der Waals surface area contributed by atoms with Gasteiger partial charge in [0, 0.05) is 20.2 Å². The van der Waals surface area contributed by atoms with Gasteiger partial charge in [0.1, 0.15) is 5.82 Å². The zero-order valence-corrected chi connectivity index (χ0v) is 6.91. The van der Waals surface area contributed by atoms with Gasteiger partial charge in [-0.3, -0.25) is 4.79 Å². The summed E-state index contributed by atoms with van der Waals surface area (Å²) in [6, 6.07) is 0. The van der Waals surface area contributed by atoms with Gasteiger partial charge in [0.25, 0.3) is 0 Å². The van der Waals surface area contributed by atoms with E-state index in [1.807, 2.05) is 0 Å². The highest BCUT2D eigenvalue weighted by atomic mass is 19.1. The molecule has 0 atom stereocenters. The maximum absolute atomic E-state index is 10.7. The summed E-state index contributed by atoms with van der Waals surface area (Å²) < 4.78 is 10.6. The second-order valence-corrected chi connectivity index (χ2v) is 2.16. The first-order valence-electron chi connectivity index (χ1n) is 3.13. The zero-order valence-electron chi connectivity index (χ0n) is 6.91. The molecule has 2 radical (unpaired) electrons. The molecule has 1 aromatic rings. The Labute approximate surface area is 71.0 Å².